The number of hydrogen-bond acceptors (Lipinski definition) is 18. The van der Waals surface area contributed by atoms with Gasteiger partial charge < -0.3 is 44.9 Å². The lowest BCUT2D eigenvalue weighted by Crippen LogP contribution is -2.63. The normalized spacial score (nSPS) is 28.8. The first kappa shape index (κ1) is 86.9. The molecule has 0 bridgehead atoms. The predicted octanol–water partition coefficient (Wildman–Crippen LogP) is 11.1. The van der Waals surface area contributed by atoms with Crippen LogP contribution in [0, 0.1) is 17.5 Å². The molecule has 0 spiro atoms. The van der Waals surface area contributed by atoms with Gasteiger partial charge in [0.25, 0.3) is 0 Å². The summed E-state index contributed by atoms with van der Waals surface area (Å²) in [5.41, 5.74) is 9.24. The van der Waals surface area contributed by atoms with Crippen molar-refractivity contribution in [3.8, 4) is 0 Å². The van der Waals surface area contributed by atoms with E-state index in [1.807, 2.05) is 46.1 Å². The van der Waals surface area contributed by atoms with Crippen LogP contribution in [0.15, 0.2) is 79.3 Å². The van der Waals surface area contributed by atoms with Crippen LogP contribution < -0.4 is 30.7 Å². The zero-order valence-corrected chi connectivity index (χ0v) is 71.9. The lowest BCUT2D eigenvalue weighted by Gasteiger charge is -2.46. The van der Waals surface area contributed by atoms with E-state index in [9.17, 15) is 27.6 Å². The third-order valence-electron chi connectivity index (χ3n) is 26.1. The smallest absolute Gasteiger partial charge is 0.241 e. The van der Waals surface area contributed by atoms with Crippen LogP contribution in [-0.4, -0.2) is 272 Å². The number of morpholine rings is 3. The van der Waals surface area contributed by atoms with Crippen molar-refractivity contribution in [3.63, 3.8) is 0 Å². The minimum atomic E-state index is -0.600. The number of hydrogen-bond donors (Lipinski definition) is 3. The minimum absolute atomic E-state index is 0.0323. The predicted molar refractivity (Wildman–Crippen MR) is 448 cm³/mol. The molecule has 3 amide bonds. The summed E-state index contributed by atoms with van der Waals surface area (Å²) in [6.07, 6.45) is 7.98. The lowest BCUT2D eigenvalue weighted by atomic mass is 9.89. The summed E-state index contributed by atoms with van der Waals surface area (Å²) in [4.78, 5) is 76.9. The Morgan fingerprint density at radius 1 is 0.456 bits per heavy atom. The Morgan fingerprint density at radius 2 is 0.798 bits per heavy atom. The molecule has 6 saturated heterocycles. The van der Waals surface area contributed by atoms with E-state index in [1.165, 1.54) is 23.8 Å². The molecule has 9 aliphatic rings. The fourth-order valence-electron chi connectivity index (χ4n) is 19.2. The van der Waals surface area contributed by atoms with Gasteiger partial charge in [-0.1, -0.05) is 93.9 Å². The molecule has 24 heteroatoms. The number of ether oxygens (including phenoxy) is 3. The van der Waals surface area contributed by atoms with Gasteiger partial charge in [-0.3, -0.25) is 58.7 Å². The topological polar surface area (TPSA) is 183 Å². The van der Waals surface area contributed by atoms with Crippen molar-refractivity contribution in [3.05, 3.63) is 142 Å². The number of carbonyl (C=O) groups is 3. The Bertz CT molecular complexity index is 4100. The first-order chi connectivity index (χ1) is 54.1. The van der Waals surface area contributed by atoms with Gasteiger partial charge >= 0.3 is 0 Å². The van der Waals surface area contributed by atoms with Gasteiger partial charge in [-0.15, -0.1) is 0 Å². The molecule has 15 atom stereocenters. The highest BCUT2D eigenvalue weighted by atomic mass is 19.1. The summed E-state index contributed by atoms with van der Waals surface area (Å²) in [5, 5.41) is 10.9. The molecule has 2 aromatic carbocycles. The number of anilines is 3. The average molecular weight is 1580 g/mol. The van der Waals surface area contributed by atoms with Gasteiger partial charge in [0.1, 0.15) is 17.5 Å². The van der Waals surface area contributed by atoms with Crippen molar-refractivity contribution >= 4 is 34.8 Å². The summed E-state index contributed by atoms with van der Waals surface area (Å²) in [6.45, 7) is 56.7. The highest BCUT2D eigenvalue weighted by molar-refractivity contribution is 5.99. The quantitative estimate of drug-likeness (QED) is 0.0709. The van der Waals surface area contributed by atoms with Gasteiger partial charge in [0.05, 0.1) is 93.4 Å². The Kier molecular flexibility index (Phi) is 28.1. The van der Waals surface area contributed by atoms with E-state index < -0.39 is 11.6 Å². The third-order valence-corrected chi connectivity index (χ3v) is 26.1. The fraction of sp³-hybridized carbons (Fsp3) is 0.667. The Hall–Kier alpha value is -6.39. The number of nitrogens with zero attached hydrogens (tertiary/aromatic N) is 12. The van der Waals surface area contributed by atoms with Gasteiger partial charge in [0.15, 0.2) is 0 Å². The van der Waals surface area contributed by atoms with E-state index in [1.54, 1.807) is 18.3 Å². The van der Waals surface area contributed by atoms with E-state index in [4.69, 9.17) is 29.2 Å². The van der Waals surface area contributed by atoms with Gasteiger partial charge in [-0.25, -0.2) is 13.2 Å². The number of fused-ring (bicyclic) bond motifs is 3. The number of halogens is 3. The monoisotopic (exact) mass is 1580 g/mol. The van der Waals surface area contributed by atoms with Crippen molar-refractivity contribution in [1.82, 2.24) is 60.3 Å². The minimum Gasteiger partial charge on any atom is -0.378 e. The van der Waals surface area contributed by atoms with Crippen molar-refractivity contribution in [1.29, 1.82) is 0 Å². The van der Waals surface area contributed by atoms with Gasteiger partial charge in [-0.05, 0) is 139 Å². The third kappa shape index (κ3) is 20.0. The van der Waals surface area contributed by atoms with E-state index in [-0.39, 0.29) is 63.7 Å². The molecule has 5 aromatic rings. The van der Waals surface area contributed by atoms with Crippen molar-refractivity contribution < 1.29 is 41.8 Å². The molecule has 0 saturated carbocycles. The van der Waals surface area contributed by atoms with E-state index in [0.717, 1.165) is 168 Å². The van der Waals surface area contributed by atoms with Crippen LogP contribution in [0.1, 0.15) is 207 Å². The number of nitrogens with one attached hydrogen (secondary N) is 3. The lowest BCUT2D eigenvalue weighted by molar-refractivity contribution is -0.122. The molecule has 3 N–H and O–H groups in total. The largest absolute Gasteiger partial charge is 0.378 e. The number of rotatable bonds is 19. The van der Waals surface area contributed by atoms with Crippen LogP contribution >= 0.6 is 0 Å². The molecule has 0 radical (unpaired) electrons. The maximum absolute atomic E-state index is 14.6. The molecule has 12 heterocycles. The summed E-state index contributed by atoms with van der Waals surface area (Å²) < 4.78 is 59.3. The number of pyridine rings is 3. The van der Waals surface area contributed by atoms with Crippen LogP contribution in [-0.2, 0) is 44.8 Å². The van der Waals surface area contributed by atoms with E-state index in [0.29, 0.717) is 111 Å². The second kappa shape index (κ2) is 36.9. The molecule has 626 valence electrons. The number of benzene rings is 2. The Labute approximate surface area is 678 Å². The first-order valence-electron chi connectivity index (χ1n) is 42.6. The van der Waals surface area contributed by atoms with Gasteiger partial charge in [0, 0.05) is 204 Å². The Morgan fingerprint density at radius 3 is 1.15 bits per heavy atom. The molecule has 3 unspecified atom stereocenters. The molecule has 114 heavy (non-hydrogen) atoms. The van der Waals surface area contributed by atoms with Crippen LogP contribution in [0.4, 0.5) is 30.2 Å². The highest BCUT2D eigenvalue weighted by Crippen LogP contribution is 2.45. The number of piperazine rings is 3. The molecule has 14 rings (SSSR count). The first-order valence-corrected chi connectivity index (χ1v) is 42.6. The standard InChI is InChI=1S/C31H43F2N5O2.C31H44FN5O2.C28H47N5O2/c1-19-13-36(25(12-34-19)14-37-20(2)16-40-17-21(37)3)15-29(39)38-18-31(5,6)30-28(38)9-23(11-35-30)22(4)26-8-7-24(32)10-27(26)33;1-20-14-35(27(13-33-20)15-36-21(2)17-39-18-22(36)3)16-29(38)37-19-31(5,6)30-28(37)11-25(12-34-30)23(4)24-8-7-9-26(32)10-24;1-8-9-19(2)23-10-25-27(30-11-23)28(6,7)18-33(25)26(34)15-31-13-20(3)29-12-24(31)14-32-21(4)16-35-17-22(32)5/h7-11,19-22,25,34H,12-18H2,1-6H3;7-12,20-23,27,33H,13-19H2,1-6H3;10-11,19-22,24,29H,8-9,12-18H2,1-7H3/t19-,20-,21-,22?,25-;20-,21-,22-,23?,27-;19?,20-,21-,22-,24-/m111/s1. The molecule has 6 fully saturated rings. The number of amides is 3. The molecule has 0 aliphatic carbocycles. The van der Waals surface area contributed by atoms with Crippen LogP contribution in [0.2, 0.25) is 0 Å². The maximum Gasteiger partial charge on any atom is 0.241 e. The molecule has 21 nitrogen and oxygen atoms in total. The van der Waals surface area contributed by atoms with Crippen molar-refractivity contribution in [2.24, 2.45) is 0 Å². The second-order valence-electron chi connectivity index (χ2n) is 37.3. The zero-order chi connectivity index (χ0) is 82.0. The molecular formula is C90H134F3N15O6. The van der Waals surface area contributed by atoms with Gasteiger partial charge in [0.2, 0.25) is 17.7 Å². The summed E-state index contributed by atoms with van der Waals surface area (Å²) in [7, 11) is 0. The zero-order valence-electron chi connectivity index (χ0n) is 71.9. The molecule has 9 aliphatic heterocycles. The van der Waals surface area contributed by atoms with Gasteiger partial charge in [-0.2, -0.15) is 0 Å². The fourth-order valence-corrected chi connectivity index (χ4v) is 19.2. The number of carbonyl (C=O) groups excluding carboxylic acids is 3. The average Bonchev–Trinajstić information content (AvgIpc) is 1.62. The molecule has 3 aromatic heterocycles. The number of aromatic nitrogens is 3. The van der Waals surface area contributed by atoms with E-state index >= 15 is 0 Å². The van der Waals surface area contributed by atoms with Crippen LogP contribution in [0.25, 0.3) is 0 Å². The Balaban J connectivity index is 0.000000159. The van der Waals surface area contributed by atoms with E-state index in [2.05, 4.69) is 182 Å². The SMILES string of the molecule is CC(c1cccc(F)c1)c1cnc2c(c1)N(C(=O)CN1C[C@@H](C)NC[C@@H]1CN1[C@H](C)COC[C@H]1C)CC2(C)C.CC(c1cnc2c(c1)N(C(=O)CN1C[C@@H](C)NC[C@@H]1CN1[C@H](C)COC[C@H]1C)CC2(C)C)c1ccc(F)cc1F.CCCC(C)c1cnc2c(c1)N(C(=O)CN1C[C@@H](C)NC[C@@H]1CN1[C@H](C)COC[C@H]1C)CC2(C)C. The maximum atomic E-state index is 14.6. The second-order valence-corrected chi connectivity index (χ2v) is 37.3. The summed E-state index contributed by atoms with van der Waals surface area (Å²) >= 11 is 0. The summed E-state index contributed by atoms with van der Waals surface area (Å²) in [5.74, 6) is -0.983. The van der Waals surface area contributed by atoms with Crippen molar-refractivity contribution in [2.75, 3.05) is 153 Å². The highest BCUT2D eigenvalue weighted by Gasteiger charge is 2.46. The molecular weight excluding hydrogens is 1440 g/mol. The van der Waals surface area contributed by atoms with Crippen LogP contribution in [0.5, 0.6) is 0 Å². The van der Waals surface area contributed by atoms with Crippen molar-refractivity contribution in [2.45, 2.75) is 251 Å². The van der Waals surface area contributed by atoms with Crippen LogP contribution in [0.3, 0.4) is 0 Å². The summed E-state index contributed by atoms with van der Waals surface area (Å²) in [6, 6.07) is 20.7.